The van der Waals surface area contributed by atoms with E-state index in [9.17, 15) is 0 Å². The highest BCUT2D eigenvalue weighted by molar-refractivity contribution is 6.07. The molecule has 0 heteroatoms. The van der Waals surface area contributed by atoms with Crippen LogP contribution in [-0.2, 0) is 12.8 Å². The number of rotatable bonds is 0. The molecule has 0 atom stereocenters. The van der Waals surface area contributed by atoms with Gasteiger partial charge in [0.25, 0.3) is 0 Å². The number of hydrogen-bond donors (Lipinski definition) is 0. The molecule has 1 aliphatic rings. The summed E-state index contributed by atoms with van der Waals surface area (Å²) in [5.74, 6) is 0.770. The van der Waals surface area contributed by atoms with E-state index in [0.717, 1.165) is 5.92 Å². The van der Waals surface area contributed by atoms with E-state index < -0.39 is 0 Å². The monoisotopic (exact) mass is 336 g/mol. The molecule has 4 aromatic carbocycles. The summed E-state index contributed by atoms with van der Waals surface area (Å²) in [6, 6.07) is 27.1. The summed E-state index contributed by atoms with van der Waals surface area (Å²) < 4.78 is 0. The topological polar surface area (TPSA) is 0 Å². The molecule has 0 unspecified atom stereocenters. The predicted octanol–water partition coefficient (Wildman–Crippen LogP) is 7.17. The Morgan fingerprint density at radius 2 is 1.04 bits per heavy atom. The Labute approximate surface area is 155 Å². The third-order valence-corrected chi connectivity index (χ3v) is 6.09. The van der Waals surface area contributed by atoms with Crippen molar-refractivity contribution in [3.63, 3.8) is 0 Å². The van der Waals surface area contributed by atoms with E-state index in [2.05, 4.69) is 79.7 Å². The van der Waals surface area contributed by atoms with Crippen molar-refractivity contribution < 1.29 is 0 Å². The standard InChI is InChI=1S/C26H24/c1-18-10-12-21-16-14-19-6-2-4-8-23(19)25(21)26-22(13-11-18)17-15-20-7-3-5-9-24(20)26/h2-9,14-18H,10-13H2,1H3. The fraction of sp³-hybridized carbons (Fsp3) is 0.231. The van der Waals surface area contributed by atoms with Gasteiger partial charge in [0.15, 0.2) is 0 Å². The quantitative estimate of drug-likeness (QED) is 0.319. The molecule has 0 radical (unpaired) electrons. The third-order valence-electron chi connectivity index (χ3n) is 6.09. The van der Waals surface area contributed by atoms with Crippen LogP contribution in [0.5, 0.6) is 0 Å². The van der Waals surface area contributed by atoms with Crippen LogP contribution in [0.25, 0.3) is 32.7 Å². The zero-order valence-electron chi connectivity index (χ0n) is 15.3. The molecule has 4 aromatic rings. The summed E-state index contributed by atoms with van der Waals surface area (Å²) >= 11 is 0. The Hall–Kier alpha value is -2.60. The van der Waals surface area contributed by atoms with Crippen molar-refractivity contribution in [1.82, 2.24) is 0 Å². The van der Waals surface area contributed by atoms with Gasteiger partial charge < -0.3 is 0 Å². The molecule has 0 amide bonds. The number of benzene rings is 4. The van der Waals surface area contributed by atoms with Crippen LogP contribution in [0.3, 0.4) is 0 Å². The molecule has 0 bridgehead atoms. The van der Waals surface area contributed by atoms with E-state index in [1.807, 2.05) is 0 Å². The molecule has 0 fully saturated rings. The highest BCUT2D eigenvalue weighted by Crippen LogP contribution is 2.41. The Kier molecular flexibility index (Phi) is 3.78. The van der Waals surface area contributed by atoms with E-state index in [1.54, 1.807) is 0 Å². The maximum absolute atomic E-state index is 2.41. The van der Waals surface area contributed by atoms with Gasteiger partial charge in [-0.1, -0.05) is 79.7 Å². The summed E-state index contributed by atoms with van der Waals surface area (Å²) in [5.41, 5.74) is 5.97. The lowest BCUT2D eigenvalue weighted by Gasteiger charge is -2.18. The minimum Gasteiger partial charge on any atom is -0.0625 e. The van der Waals surface area contributed by atoms with Crippen molar-refractivity contribution in [3.05, 3.63) is 83.9 Å². The van der Waals surface area contributed by atoms with Crippen molar-refractivity contribution in [3.8, 4) is 11.1 Å². The van der Waals surface area contributed by atoms with Crippen LogP contribution < -0.4 is 0 Å². The first-order chi connectivity index (χ1) is 12.8. The van der Waals surface area contributed by atoms with Crippen LogP contribution in [0.15, 0.2) is 72.8 Å². The van der Waals surface area contributed by atoms with Gasteiger partial charge in [-0.05, 0) is 75.4 Å². The normalized spacial score (nSPS) is 15.1. The van der Waals surface area contributed by atoms with Crippen molar-refractivity contribution in [2.45, 2.75) is 32.6 Å². The first-order valence-corrected chi connectivity index (χ1v) is 9.83. The Balaban J connectivity index is 1.94. The van der Waals surface area contributed by atoms with Gasteiger partial charge in [-0.15, -0.1) is 0 Å². The summed E-state index contributed by atoms with van der Waals surface area (Å²) in [6.45, 7) is 2.41. The molecular formula is C26H24. The molecule has 0 saturated heterocycles. The Morgan fingerprint density at radius 1 is 0.577 bits per heavy atom. The lowest BCUT2D eigenvalue weighted by atomic mass is 9.86. The predicted molar refractivity (Wildman–Crippen MR) is 113 cm³/mol. The molecule has 0 nitrogen and oxygen atoms in total. The van der Waals surface area contributed by atoms with Crippen LogP contribution >= 0.6 is 0 Å². The molecule has 0 saturated carbocycles. The fourth-order valence-electron chi connectivity index (χ4n) is 4.59. The molecule has 0 spiro atoms. The molecule has 0 aromatic heterocycles. The van der Waals surface area contributed by atoms with Gasteiger partial charge in [-0.25, -0.2) is 0 Å². The first kappa shape index (κ1) is 15.6. The molecule has 0 aliphatic heterocycles. The second-order valence-corrected chi connectivity index (χ2v) is 7.82. The number of fused-ring (bicyclic) bond motifs is 7. The van der Waals surface area contributed by atoms with E-state index in [0.29, 0.717) is 0 Å². The molecule has 128 valence electrons. The summed E-state index contributed by atoms with van der Waals surface area (Å²) in [4.78, 5) is 0. The van der Waals surface area contributed by atoms with Gasteiger partial charge in [0.1, 0.15) is 0 Å². The fourth-order valence-corrected chi connectivity index (χ4v) is 4.59. The van der Waals surface area contributed by atoms with E-state index in [1.165, 1.54) is 69.5 Å². The van der Waals surface area contributed by atoms with Gasteiger partial charge in [0.2, 0.25) is 0 Å². The lowest BCUT2D eigenvalue weighted by Crippen LogP contribution is -1.98. The molecule has 26 heavy (non-hydrogen) atoms. The van der Waals surface area contributed by atoms with Gasteiger partial charge in [0, 0.05) is 0 Å². The third kappa shape index (κ3) is 2.52. The smallest absolute Gasteiger partial charge is 0.00643 e. The maximum atomic E-state index is 2.41. The number of aryl methyl sites for hydroxylation is 2. The van der Waals surface area contributed by atoms with Gasteiger partial charge >= 0.3 is 0 Å². The van der Waals surface area contributed by atoms with Crippen LogP contribution in [0.2, 0.25) is 0 Å². The van der Waals surface area contributed by atoms with Crippen molar-refractivity contribution in [2.75, 3.05) is 0 Å². The van der Waals surface area contributed by atoms with Crippen LogP contribution in [0.1, 0.15) is 30.9 Å². The second-order valence-electron chi connectivity index (χ2n) is 7.82. The Bertz CT molecular complexity index is 1010. The van der Waals surface area contributed by atoms with Crippen LogP contribution in [-0.4, -0.2) is 0 Å². The van der Waals surface area contributed by atoms with E-state index >= 15 is 0 Å². The zero-order chi connectivity index (χ0) is 17.5. The van der Waals surface area contributed by atoms with E-state index in [-0.39, 0.29) is 0 Å². The first-order valence-electron chi connectivity index (χ1n) is 9.83. The largest absolute Gasteiger partial charge is 0.0625 e. The average molecular weight is 336 g/mol. The lowest BCUT2D eigenvalue weighted by molar-refractivity contribution is 0.495. The molecule has 0 N–H and O–H groups in total. The molecule has 5 rings (SSSR count). The minimum absolute atomic E-state index is 0.770. The van der Waals surface area contributed by atoms with Crippen molar-refractivity contribution in [1.29, 1.82) is 0 Å². The van der Waals surface area contributed by atoms with Gasteiger partial charge in [-0.3, -0.25) is 0 Å². The molecule has 0 heterocycles. The van der Waals surface area contributed by atoms with Crippen molar-refractivity contribution in [2.24, 2.45) is 5.92 Å². The molecule has 1 aliphatic carbocycles. The second kappa shape index (κ2) is 6.29. The zero-order valence-corrected chi connectivity index (χ0v) is 15.3. The average Bonchev–Trinajstić information content (AvgIpc) is 2.76. The highest BCUT2D eigenvalue weighted by Gasteiger charge is 2.19. The van der Waals surface area contributed by atoms with Crippen LogP contribution in [0.4, 0.5) is 0 Å². The van der Waals surface area contributed by atoms with Crippen LogP contribution in [0, 0.1) is 5.92 Å². The SMILES string of the molecule is CC1CCc2ccc3ccccc3c2-c2c(ccc3ccccc23)CC1. The number of hydrogen-bond acceptors (Lipinski definition) is 0. The highest BCUT2D eigenvalue weighted by atomic mass is 14.2. The van der Waals surface area contributed by atoms with Gasteiger partial charge in [-0.2, -0.15) is 0 Å². The van der Waals surface area contributed by atoms with E-state index in [4.69, 9.17) is 0 Å². The van der Waals surface area contributed by atoms with Gasteiger partial charge in [0.05, 0.1) is 0 Å². The Morgan fingerprint density at radius 3 is 1.54 bits per heavy atom. The summed E-state index contributed by atoms with van der Waals surface area (Å²) in [7, 11) is 0. The van der Waals surface area contributed by atoms with Crippen molar-refractivity contribution >= 4 is 21.5 Å². The minimum atomic E-state index is 0.770. The maximum Gasteiger partial charge on any atom is -0.00643 e. The summed E-state index contributed by atoms with van der Waals surface area (Å²) in [6.07, 6.45) is 4.89. The summed E-state index contributed by atoms with van der Waals surface area (Å²) in [5, 5.41) is 5.49. The molecular weight excluding hydrogens is 312 g/mol.